The van der Waals surface area contributed by atoms with Crippen LogP contribution < -0.4 is 10.6 Å². The summed E-state index contributed by atoms with van der Waals surface area (Å²) < 4.78 is 28.9. The van der Waals surface area contributed by atoms with Gasteiger partial charge in [0.25, 0.3) is 0 Å². The summed E-state index contributed by atoms with van der Waals surface area (Å²) in [6, 6.07) is 35.0. The van der Waals surface area contributed by atoms with Crippen molar-refractivity contribution in [3.05, 3.63) is 144 Å². The molecular formula is C44H52N4O9. The van der Waals surface area contributed by atoms with Crippen LogP contribution in [0.15, 0.2) is 121 Å². The molecule has 2 unspecified atom stereocenters. The van der Waals surface area contributed by atoms with Crippen LogP contribution in [0.4, 0.5) is 4.79 Å². The number of nitrogens with zero attached hydrogens (tertiary/aromatic N) is 2. The summed E-state index contributed by atoms with van der Waals surface area (Å²) in [5, 5.41) is 5.71. The number of ether oxygens (including phenoxy) is 5. The van der Waals surface area contributed by atoms with Crippen molar-refractivity contribution in [2.75, 3.05) is 79.0 Å². The lowest BCUT2D eigenvalue weighted by Crippen LogP contribution is -2.46. The Labute approximate surface area is 334 Å². The van der Waals surface area contributed by atoms with Crippen LogP contribution in [-0.2, 0) is 51.1 Å². The number of benzene rings is 4. The van der Waals surface area contributed by atoms with E-state index in [-0.39, 0.29) is 110 Å². The fraction of sp³-hybridized carbons (Fsp3) is 0.364. The Bertz CT molecular complexity index is 1760. The van der Waals surface area contributed by atoms with Gasteiger partial charge in [0.2, 0.25) is 17.7 Å². The number of rotatable bonds is 10. The monoisotopic (exact) mass is 780 g/mol. The topological polar surface area (TPSA) is 145 Å². The highest BCUT2D eigenvalue weighted by atomic mass is 16.5. The van der Waals surface area contributed by atoms with Gasteiger partial charge in [-0.1, -0.05) is 121 Å². The second kappa shape index (κ2) is 24.1. The molecule has 13 heteroatoms. The number of amides is 4. The summed E-state index contributed by atoms with van der Waals surface area (Å²) in [6.45, 7) is 2.97. The first-order valence-electron chi connectivity index (χ1n) is 19.3. The summed E-state index contributed by atoms with van der Waals surface area (Å²) in [5.41, 5.74) is 2.96. The summed E-state index contributed by atoms with van der Waals surface area (Å²) >= 11 is 0. The molecule has 4 amide bonds. The van der Waals surface area contributed by atoms with Gasteiger partial charge in [0, 0.05) is 26.2 Å². The molecule has 5 rings (SSSR count). The lowest BCUT2D eigenvalue weighted by molar-refractivity contribution is -0.138. The molecule has 0 radical (unpaired) electrons. The maximum Gasteiger partial charge on any atom is 0.408 e. The van der Waals surface area contributed by atoms with Gasteiger partial charge in [-0.15, -0.1) is 0 Å². The average Bonchev–Trinajstić information content (AvgIpc) is 3.24. The van der Waals surface area contributed by atoms with Gasteiger partial charge in [-0.25, -0.2) is 4.79 Å². The summed E-state index contributed by atoms with van der Waals surface area (Å²) in [4.78, 5) is 57.4. The van der Waals surface area contributed by atoms with Crippen LogP contribution in [0.5, 0.6) is 0 Å². The van der Waals surface area contributed by atoms with Crippen LogP contribution in [0.1, 0.15) is 34.3 Å². The molecule has 2 N–H and O–H groups in total. The molecule has 0 bridgehead atoms. The van der Waals surface area contributed by atoms with Crippen LogP contribution in [0.3, 0.4) is 0 Å². The fourth-order valence-corrected chi connectivity index (χ4v) is 6.11. The van der Waals surface area contributed by atoms with Crippen molar-refractivity contribution >= 4 is 23.8 Å². The van der Waals surface area contributed by atoms with E-state index in [1.54, 1.807) is 34.1 Å². The molecule has 1 heterocycles. The van der Waals surface area contributed by atoms with Gasteiger partial charge in [0.05, 0.1) is 59.3 Å². The van der Waals surface area contributed by atoms with Gasteiger partial charge < -0.3 is 44.1 Å². The van der Waals surface area contributed by atoms with Crippen LogP contribution >= 0.6 is 0 Å². The maximum atomic E-state index is 14.1. The van der Waals surface area contributed by atoms with E-state index in [0.29, 0.717) is 11.1 Å². The van der Waals surface area contributed by atoms with Crippen LogP contribution in [0.2, 0.25) is 0 Å². The molecule has 0 aromatic heterocycles. The van der Waals surface area contributed by atoms with E-state index in [1.807, 2.05) is 97.1 Å². The zero-order chi connectivity index (χ0) is 39.9. The number of carbonyl (C=O) groups is 4. The standard InChI is InChI=1S/C44H52N4O9/c49-39(33-35-13-5-1-6-14-35)45-40(37-17-9-3-10-18-37)42(50)47-21-25-53-29-31-55-27-23-48(24-28-56-32-30-54-26-22-47)43(51)41(38-19-11-4-12-20-38)46-44(52)57-34-36-15-7-2-8-16-36/h1-20,40-41H,21-34H2,(H,45,49)(H,46,52). The molecule has 1 aliphatic rings. The Balaban J connectivity index is 1.16. The van der Waals surface area contributed by atoms with Crippen molar-refractivity contribution in [3.8, 4) is 0 Å². The smallest absolute Gasteiger partial charge is 0.408 e. The molecule has 4 aromatic carbocycles. The Kier molecular flexibility index (Phi) is 18.0. The van der Waals surface area contributed by atoms with E-state index in [2.05, 4.69) is 10.6 Å². The van der Waals surface area contributed by atoms with Gasteiger partial charge in [-0.3, -0.25) is 14.4 Å². The minimum absolute atomic E-state index is 0.0634. The van der Waals surface area contributed by atoms with E-state index >= 15 is 0 Å². The number of nitrogens with one attached hydrogen (secondary N) is 2. The molecule has 2 atom stereocenters. The Morgan fingerprint density at radius 3 is 1.28 bits per heavy atom. The molecule has 0 aliphatic carbocycles. The summed E-state index contributed by atoms with van der Waals surface area (Å²) in [6.07, 6.45) is -0.572. The lowest BCUT2D eigenvalue weighted by Gasteiger charge is -2.29. The van der Waals surface area contributed by atoms with E-state index in [0.717, 1.165) is 11.1 Å². The highest BCUT2D eigenvalue weighted by molar-refractivity contribution is 5.89. The predicted molar refractivity (Wildman–Crippen MR) is 213 cm³/mol. The van der Waals surface area contributed by atoms with Crippen molar-refractivity contribution in [2.45, 2.75) is 25.1 Å². The molecule has 57 heavy (non-hydrogen) atoms. The molecule has 1 fully saturated rings. The third-order valence-electron chi connectivity index (χ3n) is 9.14. The highest BCUT2D eigenvalue weighted by Crippen LogP contribution is 2.19. The molecule has 4 aromatic rings. The number of hydrogen-bond acceptors (Lipinski definition) is 9. The van der Waals surface area contributed by atoms with Crippen LogP contribution in [0.25, 0.3) is 0 Å². The van der Waals surface area contributed by atoms with Gasteiger partial charge in [-0.2, -0.15) is 0 Å². The van der Waals surface area contributed by atoms with Crippen molar-refractivity contribution in [1.29, 1.82) is 0 Å². The predicted octanol–water partition coefficient (Wildman–Crippen LogP) is 4.49. The summed E-state index contributed by atoms with van der Waals surface area (Å²) in [5.74, 6) is -0.865. The molecule has 0 spiro atoms. The molecule has 302 valence electrons. The van der Waals surface area contributed by atoms with E-state index in [9.17, 15) is 19.2 Å². The van der Waals surface area contributed by atoms with Crippen molar-refractivity contribution in [3.63, 3.8) is 0 Å². The van der Waals surface area contributed by atoms with Crippen molar-refractivity contribution in [1.82, 2.24) is 20.4 Å². The fourth-order valence-electron chi connectivity index (χ4n) is 6.11. The molecule has 1 saturated heterocycles. The largest absolute Gasteiger partial charge is 0.445 e. The molecule has 13 nitrogen and oxygen atoms in total. The Morgan fingerprint density at radius 1 is 0.491 bits per heavy atom. The lowest BCUT2D eigenvalue weighted by atomic mass is 10.0. The SMILES string of the molecule is O=C(Cc1ccccc1)NC(C(=O)N1CCOCCOCCN(C(=O)C(NC(=O)OCc2ccccc2)c2ccccc2)CCOCCOCC1)c1ccccc1. The second-order valence-corrected chi connectivity index (χ2v) is 13.2. The Morgan fingerprint density at radius 2 is 0.860 bits per heavy atom. The molecule has 0 saturated carbocycles. The quantitative estimate of drug-likeness (QED) is 0.238. The average molecular weight is 781 g/mol. The van der Waals surface area contributed by atoms with E-state index in [1.165, 1.54) is 0 Å². The molecule has 1 aliphatic heterocycles. The second-order valence-electron chi connectivity index (χ2n) is 13.2. The van der Waals surface area contributed by atoms with Crippen molar-refractivity contribution < 1.29 is 42.9 Å². The minimum atomic E-state index is -0.997. The van der Waals surface area contributed by atoms with E-state index in [4.69, 9.17) is 23.7 Å². The van der Waals surface area contributed by atoms with E-state index < -0.39 is 18.2 Å². The first kappa shape index (κ1) is 42.5. The zero-order valence-electron chi connectivity index (χ0n) is 32.2. The molecular weight excluding hydrogens is 729 g/mol. The van der Waals surface area contributed by atoms with Gasteiger partial charge in [-0.05, 0) is 22.3 Å². The van der Waals surface area contributed by atoms with Crippen LogP contribution in [-0.4, -0.2) is 113 Å². The van der Waals surface area contributed by atoms with Crippen LogP contribution in [0, 0.1) is 0 Å². The normalized spacial score (nSPS) is 16.2. The minimum Gasteiger partial charge on any atom is -0.445 e. The number of alkyl carbamates (subject to hydrolysis) is 1. The first-order chi connectivity index (χ1) is 28.0. The van der Waals surface area contributed by atoms with Crippen molar-refractivity contribution in [2.24, 2.45) is 0 Å². The third-order valence-corrected chi connectivity index (χ3v) is 9.14. The highest BCUT2D eigenvalue weighted by Gasteiger charge is 2.29. The zero-order valence-corrected chi connectivity index (χ0v) is 32.2. The van der Waals surface area contributed by atoms with Gasteiger partial charge >= 0.3 is 6.09 Å². The Hall–Kier alpha value is -5.60. The van der Waals surface area contributed by atoms with Gasteiger partial charge in [0.1, 0.15) is 18.7 Å². The summed E-state index contributed by atoms with van der Waals surface area (Å²) in [7, 11) is 0. The number of carbonyl (C=O) groups excluding carboxylic acids is 4. The maximum absolute atomic E-state index is 14.1. The third kappa shape index (κ3) is 14.8. The first-order valence-corrected chi connectivity index (χ1v) is 19.3. The van der Waals surface area contributed by atoms with Gasteiger partial charge in [0.15, 0.2) is 0 Å². The number of hydrogen-bond donors (Lipinski definition) is 2.